The summed E-state index contributed by atoms with van der Waals surface area (Å²) in [6.07, 6.45) is -4.74. The van der Waals surface area contributed by atoms with Gasteiger partial charge in [-0.05, 0) is 34.9 Å². The van der Waals surface area contributed by atoms with Crippen LogP contribution in [-0.4, -0.2) is 43.8 Å². The molecule has 5 nitrogen and oxygen atoms in total. The van der Waals surface area contributed by atoms with Gasteiger partial charge >= 0.3 is 6.18 Å². The quantitative estimate of drug-likeness (QED) is 0.523. The zero-order chi connectivity index (χ0) is 24.3. The van der Waals surface area contributed by atoms with Gasteiger partial charge < -0.3 is 0 Å². The number of hydrogen-bond acceptors (Lipinski definition) is 4. The van der Waals surface area contributed by atoms with E-state index in [4.69, 9.17) is 0 Å². The summed E-state index contributed by atoms with van der Waals surface area (Å²) in [5, 5.41) is 9.30. The minimum Gasteiger partial charge on any atom is -0.296 e. The molecule has 0 spiro atoms. The summed E-state index contributed by atoms with van der Waals surface area (Å²) in [6, 6.07) is 21.7. The fourth-order valence-corrected chi connectivity index (χ4v) is 5.71. The summed E-state index contributed by atoms with van der Waals surface area (Å²) < 4.78 is 66.9. The van der Waals surface area contributed by atoms with E-state index in [1.807, 2.05) is 42.5 Å². The first-order valence-corrected chi connectivity index (χ1v) is 12.1. The Morgan fingerprint density at radius 2 is 1.47 bits per heavy atom. The van der Waals surface area contributed by atoms with Crippen LogP contribution in [-0.2, 0) is 22.7 Å². The van der Waals surface area contributed by atoms with Crippen LogP contribution in [0.1, 0.15) is 16.7 Å². The lowest BCUT2D eigenvalue weighted by Gasteiger charge is -2.34. The van der Waals surface area contributed by atoms with Crippen molar-refractivity contribution < 1.29 is 21.6 Å². The minimum absolute atomic E-state index is 0.113. The van der Waals surface area contributed by atoms with Crippen molar-refractivity contribution in [3.05, 3.63) is 89.5 Å². The fraction of sp³-hybridized carbons (Fsp3) is 0.240. The van der Waals surface area contributed by atoms with Crippen LogP contribution >= 0.6 is 0 Å². The van der Waals surface area contributed by atoms with E-state index in [-0.39, 0.29) is 13.1 Å². The Kier molecular flexibility index (Phi) is 6.75. The first-order valence-electron chi connectivity index (χ1n) is 10.7. The number of nitrogens with zero attached hydrogens (tertiary/aromatic N) is 3. The molecule has 0 unspecified atom stereocenters. The largest absolute Gasteiger partial charge is 0.417 e. The van der Waals surface area contributed by atoms with Crippen molar-refractivity contribution in [2.24, 2.45) is 0 Å². The predicted octanol–water partition coefficient (Wildman–Crippen LogP) is 4.75. The highest BCUT2D eigenvalue weighted by Crippen LogP contribution is 2.35. The predicted molar refractivity (Wildman–Crippen MR) is 122 cm³/mol. The number of benzene rings is 3. The first kappa shape index (κ1) is 24.0. The molecule has 4 rings (SSSR count). The molecule has 9 heteroatoms. The van der Waals surface area contributed by atoms with Crippen LogP contribution in [0.3, 0.4) is 0 Å². The maximum atomic E-state index is 13.3. The van der Waals surface area contributed by atoms with Crippen LogP contribution in [0.2, 0.25) is 0 Å². The molecule has 34 heavy (non-hydrogen) atoms. The summed E-state index contributed by atoms with van der Waals surface area (Å²) in [4.78, 5) is 1.36. The molecule has 1 saturated heterocycles. The highest BCUT2D eigenvalue weighted by molar-refractivity contribution is 7.89. The second-order valence-corrected chi connectivity index (χ2v) is 9.93. The lowest BCUT2D eigenvalue weighted by Crippen LogP contribution is -2.48. The zero-order valence-electron chi connectivity index (χ0n) is 18.2. The van der Waals surface area contributed by atoms with Crippen LogP contribution in [0.5, 0.6) is 0 Å². The number of sulfonamides is 1. The highest BCUT2D eigenvalue weighted by Gasteiger charge is 2.39. The van der Waals surface area contributed by atoms with E-state index in [1.165, 1.54) is 12.1 Å². The van der Waals surface area contributed by atoms with Crippen molar-refractivity contribution in [2.75, 3.05) is 26.2 Å². The summed E-state index contributed by atoms with van der Waals surface area (Å²) in [5.41, 5.74) is 2.27. The van der Waals surface area contributed by atoms with Crippen molar-refractivity contribution in [3.63, 3.8) is 0 Å². The molecule has 0 aliphatic carbocycles. The van der Waals surface area contributed by atoms with Crippen LogP contribution in [0.15, 0.2) is 77.7 Å². The maximum Gasteiger partial charge on any atom is 0.417 e. The Labute approximate surface area is 196 Å². The molecule has 1 heterocycles. The van der Waals surface area contributed by atoms with E-state index < -0.39 is 26.7 Å². The molecular weight excluding hydrogens is 463 g/mol. The average molecular weight is 486 g/mol. The van der Waals surface area contributed by atoms with Gasteiger partial charge in [-0.25, -0.2) is 8.42 Å². The fourth-order valence-electron chi connectivity index (χ4n) is 4.07. The minimum atomic E-state index is -4.74. The van der Waals surface area contributed by atoms with Crippen molar-refractivity contribution in [2.45, 2.75) is 17.6 Å². The second-order valence-electron chi connectivity index (χ2n) is 8.03. The Hall–Kier alpha value is -3.19. The summed E-state index contributed by atoms with van der Waals surface area (Å²) in [7, 11) is -4.25. The molecule has 3 aromatic carbocycles. The third-order valence-corrected chi connectivity index (χ3v) is 7.82. The lowest BCUT2D eigenvalue weighted by molar-refractivity contribution is -0.139. The van der Waals surface area contributed by atoms with Gasteiger partial charge in [0.25, 0.3) is 0 Å². The van der Waals surface area contributed by atoms with Gasteiger partial charge in [0, 0.05) is 32.7 Å². The summed E-state index contributed by atoms with van der Waals surface area (Å²) in [6.45, 7) is 1.64. The standard InChI is InChI=1S/C25H22F3N3O2S/c26-25(27,28)23-7-3-4-8-24(23)34(32,33)31-15-13-30(14-16-31)18-19-9-11-20(12-10-19)22-6-2-1-5-21(22)17-29/h1-12H,13-16,18H2. The molecule has 0 aromatic heterocycles. The first-order chi connectivity index (χ1) is 16.2. The Morgan fingerprint density at radius 3 is 2.12 bits per heavy atom. The van der Waals surface area contributed by atoms with Gasteiger partial charge in [-0.1, -0.05) is 54.6 Å². The van der Waals surface area contributed by atoms with Gasteiger partial charge in [0.1, 0.15) is 0 Å². The number of halogens is 3. The van der Waals surface area contributed by atoms with Gasteiger partial charge in [0.05, 0.1) is 22.1 Å². The maximum absolute atomic E-state index is 13.3. The Balaban J connectivity index is 1.42. The highest BCUT2D eigenvalue weighted by atomic mass is 32.2. The summed E-state index contributed by atoms with van der Waals surface area (Å²) in [5.74, 6) is 0. The molecule has 176 valence electrons. The number of rotatable bonds is 5. The third-order valence-electron chi connectivity index (χ3n) is 5.86. The average Bonchev–Trinajstić information content (AvgIpc) is 2.84. The van der Waals surface area contributed by atoms with E-state index in [0.29, 0.717) is 25.2 Å². The SMILES string of the molecule is N#Cc1ccccc1-c1ccc(CN2CCN(S(=O)(=O)c3ccccc3C(F)(F)F)CC2)cc1. The zero-order valence-corrected chi connectivity index (χ0v) is 19.0. The monoisotopic (exact) mass is 485 g/mol. The van der Waals surface area contributed by atoms with E-state index in [0.717, 1.165) is 33.1 Å². The van der Waals surface area contributed by atoms with Crippen molar-refractivity contribution in [1.82, 2.24) is 9.21 Å². The molecule has 3 aromatic rings. The molecule has 0 atom stereocenters. The van der Waals surface area contributed by atoms with Crippen molar-refractivity contribution in [1.29, 1.82) is 5.26 Å². The van der Waals surface area contributed by atoms with E-state index in [2.05, 4.69) is 11.0 Å². The van der Waals surface area contributed by atoms with E-state index >= 15 is 0 Å². The molecule has 1 aliphatic rings. The van der Waals surface area contributed by atoms with Gasteiger partial charge in [-0.3, -0.25) is 4.90 Å². The molecule has 0 radical (unpaired) electrons. The number of hydrogen-bond donors (Lipinski definition) is 0. The topological polar surface area (TPSA) is 64.4 Å². The van der Waals surface area contributed by atoms with Crippen LogP contribution in [0, 0.1) is 11.3 Å². The number of piperazine rings is 1. The van der Waals surface area contributed by atoms with Gasteiger partial charge in [-0.2, -0.15) is 22.7 Å². The molecule has 0 saturated carbocycles. The van der Waals surface area contributed by atoms with Crippen LogP contribution in [0.4, 0.5) is 13.2 Å². The van der Waals surface area contributed by atoms with Gasteiger partial charge in [0.2, 0.25) is 10.0 Å². The van der Waals surface area contributed by atoms with Gasteiger partial charge in [0.15, 0.2) is 0 Å². The van der Waals surface area contributed by atoms with Crippen molar-refractivity contribution >= 4 is 10.0 Å². The third kappa shape index (κ3) is 4.99. The van der Waals surface area contributed by atoms with Crippen molar-refractivity contribution in [3.8, 4) is 17.2 Å². The van der Waals surface area contributed by atoms with E-state index in [1.54, 1.807) is 6.07 Å². The second kappa shape index (κ2) is 9.58. The van der Waals surface area contributed by atoms with Crippen LogP contribution in [0.25, 0.3) is 11.1 Å². The lowest BCUT2D eigenvalue weighted by atomic mass is 9.99. The van der Waals surface area contributed by atoms with E-state index in [9.17, 15) is 26.9 Å². The number of alkyl halides is 3. The molecular formula is C25H22F3N3O2S. The molecule has 1 aliphatic heterocycles. The molecule has 0 N–H and O–H groups in total. The Morgan fingerprint density at radius 1 is 0.853 bits per heavy atom. The molecule has 0 bridgehead atoms. The van der Waals surface area contributed by atoms with Crippen LogP contribution < -0.4 is 0 Å². The van der Waals surface area contributed by atoms with Gasteiger partial charge in [-0.15, -0.1) is 0 Å². The summed E-state index contributed by atoms with van der Waals surface area (Å²) >= 11 is 0. The molecule has 0 amide bonds. The number of nitriles is 1. The Bertz CT molecular complexity index is 1310. The molecule has 1 fully saturated rings. The normalized spacial score (nSPS) is 15.7. The smallest absolute Gasteiger partial charge is 0.296 e.